The Morgan fingerprint density at radius 1 is 1.22 bits per heavy atom. The number of piperidine rings is 1. The molecule has 0 amide bonds. The van der Waals surface area contributed by atoms with Gasteiger partial charge in [0.1, 0.15) is 0 Å². The maximum Gasteiger partial charge on any atom is 0.243 e. The predicted octanol–water partition coefficient (Wildman–Crippen LogP) is 2.15. The Morgan fingerprint density at radius 2 is 1.83 bits per heavy atom. The molecule has 2 rings (SSSR count). The van der Waals surface area contributed by atoms with Crippen LogP contribution in [0.4, 0.5) is 0 Å². The van der Waals surface area contributed by atoms with Crippen LogP contribution < -0.4 is 0 Å². The molecule has 0 N–H and O–H groups in total. The molecule has 6 nitrogen and oxygen atoms in total. The molecular formula is C11H14N4O2S. The van der Waals surface area contributed by atoms with E-state index in [1.807, 2.05) is 0 Å². The summed E-state index contributed by atoms with van der Waals surface area (Å²) in [6, 6.07) is 8.30. The molecule has 0 spiro atoms. The Balaban J connectivity index is 2.12. The predicted molar refractivity (Wildman–Crippen MR) is 67.4 cm³/mol. The van der Waals surface area contributed by atoms with Gasteiger partial charge in [0.25, 0.3) is 0 Å². The average Bonchev–Trinajstić information content (AvgIpc) is 2.41. The van der Waals surface area contributed by atoms with Gasteiger partial charge in [-0.15, -0.1) is 0 Å². The lowest BCUT2D eigenvalue weighted by atomic mass is 10.1. The van der Waals surface area contributed by atoms with Crippen LogP contribution in [0.3, 0.4) is 0 Å². The minimum absolute atomic E-state index is 0.0859. The van der Waals surface area contributed by atoms with Gasteiger partial charge in [-0.05, 0) is 30.5 Å². The van der Waals surface area contributed by atoms with Gasteiger partial charge in [0, 0.05) is 24.0 Å². The van der Waals surface area contributed by atoms with Gasteiger partial charge in [0.2, 0.25) is 10.0 Å². The van der Waals surface area contributed by atoms with E-state index in [1.54, 1.807) is 30.3 Å². The van der Waals surface area contributed by atoms with Gasteiger partial charge >= 0.3 is 0 Å². The van der Waals surface area contributed by atoms with E-state index in [1.165, 1.54) is 4.31 Å². The molecule has 1 aliphatic heterocycles. The normalized spacial score (nSPS) is 18.2. The van der Waals surface area contributed by atoms with E-state index in [0.717, 1.165) is 0 Å². The fraction of sp³-hybridized carbons (Fsp3) is 0.455. The topological polar surface area (TPSA) is 86.1 Å². The molecule has 0 aliphatic carbocycles. The summed E-state index contributed by atoms with van der Waals surface area (Å²) in [5, 5.41) is 3.63. The van der Waals surface area contributed by atoms with E-state index in [4.69, 9.17) is 5.53 Å². The molecule has 7 heteroatoms. The van der Waals surface area contributed by atoms with Gasteiger partial charge in [-0.2, -0.15) is 4.31 Å². The van der Waals surface area contributed by atoms with Gasteiger partial charge in [-0.3, -0.25) is 0 Å². The standard InChI is InChI=1S/C11H14N4O2S/c12-14-13-10-6-8-15(9-7-10)18(16,17)11-4-2-1-3-5-11/h1-5,10H,6-9H2. The smallest absolute Gasteiger partial charge is 0.207 e. The third-order valence-electron chi connectivity index (χ3n) is 3.02. The maximum absolute atomic E-state index is 12.3. The molecule has 0 aromatic heterocycles. The molecule has 18 heavy (non-hydrogen) atoms. The summed E-state index contributed by atoms with van der Waals surface area (Å²) in [4.78, 5) is 3.07. The lowest BCUT2D eigenvalue weighted by Crippen LogP contribution is -2.39. The second-order valence-corrected chi connectivity index (χ2v) is 6.09. The van der Waals surface area contributed by atoms with Crippen LogP contribution in [-0.2, 0) is 10.0 Å². The fourth-order valence-corrected chi connectivity index (χ4v) is 3.50. The lowest BCUT2D eigenvalue weighted by molar-refractivity contribution is 0.320. The molecule has 1 aromatic rings. The van der Waals surface area contributed by atoms with Crippen molar-refractivity contribution in [2.45, 2.75) is 23.8 Å². The zero-order valence-corrected chi connectivity index (χ0v) is 10.6. The second kappa shape index (κ2) is 5.39. The van der Waals surface area contributed by atoms with Crippen molar-refractivity contribution in [3.8, 4) is 0 Å². The van der Waals surface area contributed by atoms with Crippen LogP contribution in [0.2, 0.25) is 0 Å². The minimum atomic E-state index is -3.40. The van der Waals surface area contributed by atoms with E-state index >= 15 is 0 Å². The molecule has 1 aromatic carbocycles. The van der Waals surface area contributed by atoms with Crippen LogP contribution in [0.5, 0.6) is 0 Å². The maximum atomic E-state index is 12.3. The third-order valence-corrected chi connectivity index (χ3v) is 4.93. The molecule has 0 radical (unpaired) electrons. The monoisotopic (exact) mass is 266 g/mol. The lowest BCUT2D eigenvalue weighted by Gasteiger charge is -2.29. The summed E-state index contributed by atoms with van der Waals surface area (Å²) in [5.41, 5.74) is 8.35. The highest BCUT2D eigenvalue weighted by Gasteiger charge is 2.28. The van der Waals surface area contributed by atoms with Crippen LogP contribution in [0, 0.1) is 0 Å². The average molecular weight is 266 g/mol. The van der Waals surface area contributed by atoms with E-state index in [-0.39, 0.29) is 6.04 Å². The van der Waals surface area contributed by atoms with Gasteiger partial charge < -0.3 is 0 Å². The molecule has 1 fully saturated rings. The second-order valence-electron chi connectivity index (χ2n) is 4.15. The van der Waals surface area contributed by atoms with Crippen molar-refractivity contribution in [1.29, 1.82) is 0 Å². The first-order valence-electron chi connectivity index (χ1n) is 5.74. The molecule has 0 unspecified atom stereocenters. The van der Waals surface area contributed by atoms with Crippen LogP contribution in [0.1, 0.15) is 12.8 Å². The minimum Gasteiger partial charge on any atom is -0.207 e. The van der Waals surface area contributed by atoms with E-state index in [0.29, 0.717) is 30.8 Å². The zero-order chi connectivity index (χ0) is 13.0. The summed E-state index contributed by atoms with van der Waals surface area (Å²) >= 11 is 0. The summed E-state index contributed by atoms with van der Waals surface area (Å²) in [7, 11) is -3.40. The Labute approximate surface area is 106 Å². The molecule has 1 saturated heterocycles. The first kappa shape index (κ1) is 12.9. The SMILES string of the molecule is [N-]=[N+]=NC1CCN(S(=O)(=O)c2ccccc2)CC1. The molecular weight excluding hydrogens is 252 g/mol. The molecule has 1 aliphatic rings. The van der Waals surface area contributed by atoms with E-state index < -0.39 is 10.0 Å². The van der Waals surface area contributed by atoms with Gasteiger partial charge in [-0.1, -0.05) is 23.3 Å². The fourth-order valence-electron chi connectivity index (χ4n) is 2.01. The first-order valence-corrected chi connectivity index (χ1v) is 7.18. The number of sulfonamides is 1. The molecule has 0 bridgehead atoms. The van der Waals surface area contributed by atoms with Crippen molar-refractivity contribution < 1.29 is 8.42 Å². The van der Waals surface area contributed by atoms with Crippen molar-refractivity contribution >= 4 is 10.0 Å². The first-order chi connectivity index (χ1) is 8.64. The van der Waals surface area contributed by atoms with Crippen molar-refractivity contribution in [2.75, 3.05) is 13.1 Å². The number of azide groups is 1. The quantitative estimate of drug-likeness (QED) is 0.477. The largest absolute Gasteiger partial charge is 0.243 e. The van der Waals surface area contributed by atoms with Gasteiger partial charge in [-0.25, -0.2) is 8.42 Å². The highest BCUT2D eigenvalue weighted by Crippen LogP contribution is 2.21. The highest BCUT2D eigenvalue weighted by molar-refractivity contribution is 7.89. The zero-order valence-electron chi connectivity index (χ0n) is 9.81. The Morgan fingerprint density at radius 3 is 2.39 bits per heavy atom. The van der Waals surface area contributed by atoms with E-state index in [9.17, 15) is 8.42 Å². The Bertz CT molecular complexity index is 544. The van der Waals surface area contributed by atoms with Crippen molar-refractivity contribution in [3.05, 3.63) is 40.8 Å². The number of nitrogens with zero attached hydrogens (tertiary/aromatic N) is 4. The molecule has 0 saturated carbocycles. The summed E-state index contributed by atoms with van der Waals surface area (Å²) in [5.74, 6) is 0. The molecule has 96 valence electrons. The number of hydrogen-bond donors (Lipinski definition) is 0. The number of benzene rings is 1. The van der Waals surface area contributed by atoms with Gasteiger partial charge in [0.15, 0.2) is 0 Å². The summed E-state index contributed by atoms with van der Waals surface area (Å²) < 4.78 is 26.0. The Hall–Kier alpha value is -1.56. The summed E-state index contributed by atoms with van der Waals surface area (Å²) in [6.07, 6.45) is 1.16. The number of hydrogen-bond acceptors (Lipinski definition) is 3. The van der Waals surface area contributed by atoms with Crippen LogP contribution in [0.15, 0.2) is 40.3 Å². The van der Waals surface area contributed by atoms with Crippen molar-refractivity contribution in [1.82, 2.24) is 4.31 Å². The van der Waals surface area contributed by atoms with Crippen LogP contribution in [-0.4, -0.2) is 31.9 Å². The van der Waals surface area contributed by atoms with Crippen molar-refractivity contribution in [3.63, 3.8) is 0 Å². The molecule has 1 heterocycles. The molecule has 0 atom stereocenters. The van der Waals surface area contributed by atoms with Gasteiger partial charge in [0.05, 0.1) is 4.90 Å². The highest BCUT2D eigenvalue weighted by atomic mass is 32.2. The van der Waals surface area contributed by atoms with Crippen LogP contribution in [0.25, 0.3) is 10.4 Å². The van der Waals surface area contributed by atoms with Crippen molar-refractivity contribution in [2.24, 2.45) is 5.11 Å². The van der Waals surface area contributed by atoms with Crippen LogP contribution >= 0.6 is 0 Å². The third kappa shape index (κ3) is 2.64. The number of rotatable bonds is 3. The Kier molecular flexibility index (Phi) is 3.86. The summed E-state index contributed by atoms with van der Waals surface area (Å²) in [6.45, 7) is 0.807. The van der Waals surface area contributed by atoms with E-state index in [2.05, 4.69) is 10.0 Å².